The summed E-state index contributed by atoms with van der Waals surface area (Å²) in [5, 5.41) is 8.08. The number of aryl methyl sites for hydroxylation is 4. The molecule has 3 aromatic heterocycles. The van der Waals surface area contributed by atoms with E-state index in [0.717, 1.165) is 40.9 Å². The summed E-state index contributed by atoms with van der Waals surface area (Å²) in [5.74, 6) is 1.24. The maximum atomic E-state index is 13.3. The highest BCUT2D eigenvalue weighted by Crippen LogP contribution is 2.35. The highest BCUT2D eigenvalue weighted by molar-refractivity contribution is 7.18. The van der Waals surface area contributed by atoms with E-state index in [4.69, 9.17) is 9.51 Å². The molecule has 0 aromatic carbocycles. The molecule has 0 aliphatic heterocycles. The Morgan fingerprint density at radius 2 is 2.00 bits per heavy atom. The lowest BCUT2D eigenvalue weighted by molar-refractivity contribution is 0.393. The Labute approximate surface area is 149 Å². The minimum absolute atomic E-state index is 0.00603. The Balaban J connectivity index is 1.95. The van der Waals surface area contributed by atoms with E-state index in [1.165, 1.54) is 16.9 Å². The summed E-state index contributed by atoms with van der Waals surface area (Å²) in [5.41, 5.74) is 2.81. The van der Waals surface area contributed by atoms with Crippen molar-refractivity contribution in [2.24, 2.45) is 0 Å². The number of nitrogens with zero attached hydrogens (tertiary/aromatic N) is 3. The number of hydrogen-bond donors (Lipinski definition) is 1. The van der Waals surface area contributed by atoms with E-state index < -0.39 is 0 Å². The third-order valence-electron chi connectivity index (χ3n) is 4.81. The number of fused-ring (bicyclic) bond motifs is 3. The molecule has 0 unspecified atom stereocenters. The van der Waals surface area contributed by atoms with Crippen LogP contribution in [0.5, 0.6) is 0 Å². The van der Waals surface area contributed by atoms with Crippen molar-refractivity contribution >= 4 is 33.2 Å². The standard InChI is InChI=1S/C18H22N4O2S/c1-9(2)22-17(23)14-12-7-5-6-8-13(12)25-16(14)20-18(22)19-15-10(3)21-24-11(15)4/h9H,5-8H2,1-4H3,(H,19,20). The van der Waals surface area contributed by atoms with Gasteiger partial charge in [-0.15, -0.1) is 11.3 Å². The van der Waals surface area contributed by atoms with Gasteiger partial charge in [-0.05, 0) is 58.9 Å². The Hall–Kier alpha value is -2.15. The first-order chi connectivity index (χ1) is 12.0. The first-order valence-corrected chi connectivity index (χ1v) is 9.55. The summed E-state index contributed by atoms with van der Waals surface area (Å²) in [6.07, 6.45) is 4.40. The van der Waals surface area contributed by atoms with Crippen LogP contribution < -0.4 is 10.9 Å². The zero-order valence-electron chi connectivity index (χ0n) is 15.0. The molecule has 4 rings (SSSR count). The van der Waals surface area contributed by atoms with Gasteiger partial charge in [-0.3, -0.25) is 9.36 Å². The van der Waals surface area contributed by atoms with E-state index in [0.29, 0.717) is 11.7 Å². The molecule has 0 atom stereocenters. The summed E-state index contributed by atoms with van der Waals surface area (Å²) in [7, 11) is 0. The lowest BCUT2D eigenvalue weighted by atomic mass is 9.97. The van der Waals surface area contributed by atoms with E-state index in [9.17, 15) is 4.79 Å². The summed E-state index contributed by atoms with van der Waals surface area (Å²) >= 11 is 1.67. The molecular formula is C18H22N4O2S. The fraction of sp³-hybridized carbons (Fsp3) is 0.500. The SMILES string of the molecule is Cc1noc(C)c1Nc1nc2sc3c(c2c(=O)n1C(C)C)CCCC3. The predicted molar refractivity (Wildman–Crippen MR) is 100 cm³/mol. The summed E-state index contributed by atoms with van der Waals surface area (Å²) in [6, 6.07) is 0.00603. The number of nitrogens with one attached hydrogen (secondary N) is 1. The smallest absolute Gasteiger partial charge is 0.264 e. The van der Waals surface area contributed by atoms with Crippen molar-refractivity contribution in [3.63, 3.8) is 0 Å². The lowest BCUT2D eigenvalue weighted by Gasteiger charge is -2.17. The van der Waals surface area contributed by atoms with Gasteiger partial charge in [0.1, 0.15) is 16.2 Å². The van der Waals surface area contributed by atoms with Gasteiger partial charge >= 0.3 is 0 Å². The number of aromatic nitrogens is 3. The van der Waals surface area contributed by atoms with Gasteiger partial charge in [0.05, 0.1) is 5.39 Å². The molecule has 6 nitrogen and oxygen atoms in total. The molecule has 0 spiro atoms. The minimum Gasteiger partial charge on any atom is -0.359 e. The Bertz CT molecular complexity index is 993. The Kier molecular flexibility index (Phi) is 3.91. The Morgan fingerprint density at radius 3 is 2.68 bits per heavy atom. The molecule has 3 heterocycles. The van der Waals surface area contributed by atoms with Gasteiger partial charge in [-0.1, -0.05) is 5.16 Å². The van der Waals surface area contributed by atoms with Gasteiger partial charge in [0.15, 0.2) is 5.76 Å². The van der Waals surface area contributed by atoms with E-state index in [-0.39, 0.29) is 11.6 Å². The number of rotatable bonds is 3. The van der Waals surface area contributed by atoms with Crippen molar-refractivity contribution in [3.05, 3.63) is 32.2 Å². The van der Waals surface area contributed by atoms with Crippen LogP contribution in [0.4, 0.5) is 11.6 Å². The van der Waals surface area contributed by atoms with E-state index in [1.807, 2.05) is 27.7 Å². The number of hydrogen-bond acceptors (Lipinski definition) is 6. The van der Waals surface area contributed by atoms with Gasteiger partial charge < -0.3 is 9.84 Å². The molecule has 1 aliphatic carbocycles. The molecule has 25 heavy (non-hydrogen) atoms. The van der Waals surface area contributed by atoms with Gasteiger partial charge in [0.2, 0.25) is 5.95 Å². The van der Waals surface area contributed by atoms with E-state index in [2.05, 4.69) is 10.5 Å². The van der Waals surface area contributed by atoms with Crippen LogP contribution in [0, 0.1) is 13.8 Å². The van der Waals surface area contributed by atoms with E-state index in [1.54, 1.807) is 15.9 Å². The van der Waals surface area contributed by atoms with Crippen LogP contribution in [0.3, 0.4) is 0 Å². The monoisotopic (exact) mass is 358 g/mol. The Morgan fingerprint density at radius 1 is 1.24 bits per heavy atom. The van der Waals surface area contributed by atoms with Gasteiger partial charge in [-0.2, -0.15) is 0 Å². The third-order valence-corrected chi connectivity index (χ3v) is 5.99. The predicted octanol–water partition coefficient (Wildman–Crippen LogP) is 4.27. The zero-order valence-corrected chi connectivity index (χ0v) is 15.8. The average Bonchev–Trinajstić information content (AvgIpc) is 3.09. The third kappa shape index (κ3) is 2.57. The molecule has 3 aromatic rings. The van der Waals surface area contributed by atoms with Crippen LogP contribution in [0.15, 0.2) is 9.32 Å². The molecular weight excluding hydrogens is 336 g/mol. The van der Waals surface area contributed by atoms with Gasteiger partial charge in [-0.25, -0.2) is 4.98 Å². The maximum absolute atomic E-state index is 13.3. The molecule has 7 heteroatoms. The van der Waals surface area contributed by atoms with Crippen LogP contribution in [0.2, 0.25) is 0 Å². The van der Waals surface area contributed by atoms with Crippen molar-refractivity contribution in [1.82, 2.24) is 14.7 Å². The van der Waals surface area contributed by atoms with Gasteiger partial charge in [0, 0.05) is 10.9 Å². The lowest BCUT2D eigenvalue weighted by Crippen LogP contribution is -2.26. The van der Waals surface area contributed by atoms with Gasteiger partial charge in [0.25, 0.3) is 5.56 Å². The normalized spacial score (nSPS) is 14.3. The van der Waals surface area contributed by atoms with E-state index >= 15 is 0 Å². The second-order valence-corrected chi connectivity index (χ2v) is 8.00. The quantitative estimate of drug-likeness (QED) is 0.757. The summed E-state index contributed by atoms with van der Waals surface area (Å²) < 4.78 is 6.97. The molecule has 0 saturated heterocycles. The minimum atomic E-state index is 0.00603. The molecule has 0 amide bonds. The second kappa shape index (κ2) is 5.98. The van der Waals surface area contributed by atoms with Crippen LogP contribution in [-0.2, 0) is 12.8 Å². The number of anilines is 2. The molecule has 132 valence electrons. The maximum Gasteiger partial charge on any atom is 0.264 e. The highest BCUT2D eigenvalue weighted by Gasteiger charge is 2.23. The van der Waals surface area contributed by atoms with Crippen molar-refractivity contribution in [3.8, 4) is 0 Å². The molecule has 0 fully saturated rings. The van der Waals surface area contributed by atoms with Crippen molar-refractivity contribution < 1.29 is 4.52 Å². The topological polar surface area (TPSA) is 73.0 Å². The largest absolute Gasteiger partial charge is 0.359 e. The van der Waals surface area contributed by atoms with Crippen LogP contribution >= 0.6 is 11.3 Å². The fourth-order valence-electron chi connectivity index (χ4n) is 3.56. The van der Waals surface area contributed by atoms with Crippen LogP contribution in [-0.4, -0.2) is 14.7 Å². The zero-order chi connectivity index (χ0) is 17.7. The first kappa shape index (κ1) is 16.3. The van der Waals surface area contributed by atoms with Crippen molar-refractivity contribution in [1.29, 1.82) is 0 Å². The molecule has 0 saturated carbocycles. The molecule has 0 bridgehead atoms. The number of thiophene rings is 1. The average molecular weight is 358 g/mol. The highest BCUT2D eigenvalue weighted by atomic mass is 32.1. The molecule has 1 N–H and O–H groups in total. The fourth-order valence-corrected chi connectivity index (χ4v) is 4.81. The summed E-state index contributed by atoms with van der Waals surface area (Å²) in [6.45, 7) is 7.74. The molecule has 0 radical (unpaired) electrons. The summed E-state index contributed by atoms with van der Waals surface area (Å²) in [4.78, 5) is 20.3. The van der Waals surface area contributed by atoms with Crippen LogP contribution in [0.25, 0.3) is 10.2 Å². The van der Waals surface area contributed by atoms with Crippen molar-refractivity contribution in [2.45, 2.75) is 59.4 Å². The second-order valence-electron chi connectivity index (χ2n) is 6.92. The van der Waals surface area contributed by atoms with Crippen LogP contribution in [0.1, 0.15) is 54.6 Å². The molecule has 1 aliphatic rings. The van der Waals surface area contributed by atoms with Crippen molar-refractivity contribution in [2.75, 3.05) is 5.32 Å². The first-order valence-electron chi connectivity index (χ1n) is 8.74.